The average molecular weight is 492 g/mol. The highest BCUT2D eigenvalue weighted by Gasteiger charge is 2.19. The van der Waals surface area contributed by atoms with E-state index >= 15 is 0 Å². The summed E-state index contributed by atoms with van der Waals surface area (Å²) < 4.78 is 26.7. The molecule has 0 radical (unpaired) electrons. The van der Waals surface area contributed by atoms with Crippen LogP contribution in [0.15, 0.2) is 35.3 Å². The zero-order valence-electron chi connectivity index (χ0n) is 16.2. The molecule has 1 fully saturated rings. The lowest BCUT2D eigenvalue weighted by Crippen LogP contribution is -2.49. The standard InChI is InChI=1S/C20H30F2N4.HI/c1-4-23-20(24-10-7-16-5-6-17(21)13-19(16)22)25-18-8-11-26(12-9-18)14-15(2)3;/h5-6,13,18H,2,4,7-12,14H2,1,3H3,(H2,23,24,25);1H. The molecule has 0 atom stereocenters. The smallest absolute Gasteiger partial charge is 0.191 e. The second kappa shape index (κ2) is 12.3. The van der Waals surface area contributed by atoms with E-state index in [0.717, 1.165) is 51.0 Å². The van der Waals surface area contributed by atoms with Crippen molar-refractivity contribution in [3.63, 3.8) is 0 Å². The summed E-state index contributed by atoms with van der Waals surface area (Å²) in [5.41, 5.74) is 1.68. The van der Waals surface area contributed by atoms with Gasteiger partial charge in [0.05, 0.1) is 0 Å². The molecular formula is C20H31F2IN4. The summed E-state index contributed by atoms with van der Waals surface area (Å²) in [7, 11) is 0. The third kappa shape index (κ3) is 8.55. The topological polar surface area (TPSA) is 39.7 Å². The Balaban J connectivity index is 0.00000364. The van der Waals surface area contributed by atoms with Crippen LogP contribution in [0, 0.1) is 11.6 Å². The minimum atomic E-state index is -0.553. The Hall–Kier alpha value is -1.22. The van der Waals surface area contributed by atoms with E-state index in [9.17, 15) is 8.78 Å². The second-order valence-corrected chi connectivity index (χ2v) is 6.90. The van der Waals surface area contributed by atoms with Crippen molar-refractivity contribution >= 4 is 29.9 Å². The molecular weight excluding hydrogens is 461 g/mol. The number of hydrogen-bond donors (Lipinski definition) is 2. The Labute approximate surface area is 178 Å². The van der Waals surface area contributed by atoms with E-state index < -0.39 is 11.6 Å². The minimum absolute atomic E-state index is 0. The van der Waals surface area contributed by atoms with Crippen molar-refractivity contribution in [1.29, 1.82) is 0 Å². The molecule has 4 nitrogen and oxygen atoms in total. The second-order valence-electron chi connectivity index (χ2n) is 6.90. The first kappa shape index (κ1) is 23.8. The summed E-state index contributed by atoms with van der Waals surface area (Å²) >= 11 is 0. The molecule has 0 aliphatic carbocycles. The molecule has 0 saturated carbocycles. The van der Waals surface area contributed by atoms with Crippen molar-refractivity contribution in [3.8, 4) is 0 Å². The Bertz CT molecular complexity index is 628. The lowest BCUT2D eigenvalue weighted by atomic mass is 10.0. The fourth-order valence-corrected chi connectivity index (χ4v) is 3.14. The van der Waals surface area contributed by atoms with Crippen molar-refractivity contribution < 1.29 is 8.78 Å². The summed E-state index contributed by atoms with van der Waals surface area (Å²) in [4.78, 5) is 6.96. The summed E-state index contributed by atoms with van der Waals surface area (Å²) in [6.07, 6.45) is 2.56. The Morgan fingerprint density at radius 1 is 1.30 bits per heavy atom. The SMILES string of the molecule is C=C(C)CN1CCC(NC(=NCCc2ccc(F)cc2F)NCC)CC1.I. The lowest BCUT2D eigenvalue weighted by molar-refractivity contribution is 0.221. The van der Waals surface area contributed by atoms with Crippen LogP contribution in [0.1, 0.15) is 32.3 Å². The van der Waals surface area contributed by atoms with Gasteiger partial charge >= 0.3 is 0 Å². The number of benzene rings is 1. The monoisotopic (exact) mass is 492 g/mol. The van der Waals surface area contributed by atoms with Gasteiger partial charge in [-0.3, -0.25) is 9.89 Å². The van der Waals surface area contributed by atoms with E-state index in [0.29, 0.717) is 24.6 Å². The molecule has 0 amide bonds. The predicted octanol–water partition coefficient (Wildman–Crippen LogP) is 3.72. The van der Waals surface area contributed by atoms with Crippen LogP contribution in [0.5, 0.6) is 0 Å². The average Bonchev–Trinajstić information content (AvgIpc) is 2.58. The van der Waals surface area contributed by atoms with Crippen LogP contribution in [0.25, 0.3) is 0 Å². The molecule has 152 valence electrons. The lowest BCUT2D eigenvalue weighted by Gasteiger charge is -2.33. The summed E-state index contributed by atoms with van der Waals surface area (Å²) in [5.74, 6) is -0.306. The highest BCUT2D eigenvalue weighted by molar-refractivity contribution is 14.0. The van der Waals surface area contributed by atoms with Crippen molar-refractivity contribution in [1.82, 2.24) is 15.5 Å². The molecule has 2 rings (SSSR count). The summed E-state index contributed by atoms with van der Waals surface area (Å²) in [6, 6.07) is 4.07. The fourth-order valence-electron chi connectivity index (χ4n) is 3.14. The van der Waals surface area contributed by atoms with Gasteiger partial charge in [-0.15, -0.1) is 24.0 Å². The number of nitrogens with one attached hydrogen (secondary N) is 2. The van der Waals surface area contributed by atoms with Gasteiger partial charge in [0.15, 0.2) is 5.96 Å². The van der Waals surface area contributed by atoms with Crippen LogP contribution in [0.4, 0.5) is 8.78 Å². The van der Waals surface area contributed by atoms with Crippen LogP contribution in [0.3, 0.4) is 0 Å². The first-order chi connectivity index (χ1) is 12.5. The van der Waals surface area contributed by atoms with Crippen LogP contribution in [0.2, 0.25) is 0 Å². The highest BCUT2D eigenvalue weighted by Crippen LogP contribution is 2.12. The van der Waals surface area contributed by atoms with E-state index in [1.165, 1.54) is 17.7 Å². The number of nitrogens with zero attached hydrogens (tertiary/aromatic N) is 2. The quantitative estimate of drug-likeness (QED) is 0.264. The molecule has 1 heterocycles. The van der Waals surface area contributed by atoms with Crippen molar-refractivity contribution in [2.45, 2.75) is 39.2 Å². The van der Waals surface area contributed by atoms with E-state index in [1.807, 2.05) is 6.92 Å². The Morgan fingerprint density at radius 2 is 2.00 bits per heavy atom. The maximum atomic E-state index is 13.7. The fraction of sp³-hybridized carbons (Fsp3) is 0.550. The number of piperidine rings is 1. The third-order valence-corrected chi connectivity index (χ3v) is 4.43. The van der Waals surface area contributed by atoms with Crippen molar-refractivity contribution in [2.75, 3.05) is 32.7 Å². The van der Waals surface area contributed by atoms with Gasteiger partial charge in [0.2, 0.25) is 0 Å². The molecule has 1 aliphatic heterocycles. The van der Waals surface area contributed by atoms with E-state index in [2.05, 4.69) is 34.0 Å². The summed E-state index contributed by atoms with van der Waals surface area (Å²) in [6.45, 7) is 12.3. The van der Waals surface area contributed by atoms with Gasteiger partial charge in [0.25, 0.3) is 0 Å². The van der Waals surface area contributed by atoms with Gasteiger partial charge < -0.3 is 10.6 Å². The van der Waals surface area contributed by atoms with Crippen molar-refractivity contribution in [3.05, 3.63) is 47.5 Å². The van der Waals surface area contributed by atoms with Crippen LogP contribution in [-0.2, 0) is 6.42 Å². The maximum absolute atomic E-state index is 13.7. The number of rotatable bonds is 7. The van der Waals surface area contributed by atoms with Crippen LogP contribution >= 0.6 is 24.0 Å². The number of halogens is 3. The third-order valence-electron chi connectivity index (χ3n) is 4.43. The van der Waals surface area contributed by atoms with E-state index in [-0.39, 0.29) is 24.0 Å². The molecule has 2 N–H and O–H groups in total. The molecule has 1 aliphatic rings. The Kier molecular flexibility index (Phi) is 10.8. The van der Waals surface area contributed by atoms with Gasteiger partial charge in [0, 0.05) is 44.8 Å². The largest absolute Gasteiger partial charge is 0.357 e. The minimum Gasteiger partial charge on any atom is -0.357 e. The Morgan fingerprint density at radius 3 is 2.59 bits per heavy atom. The number of hydrogen-bond acceptors (Lipinski definition) is 2. The van der Waals surface area contributed by atoms with Gasteiger partial charge in [-0.05, 0) is 44.7 Å². The molecule has 0 aromatic heterocycles. The van der Waals surface area contributed by atoms with Gasteiger partial charge in [-0.25, -0.2) is 8.78 Å². The summed E-state index contributed by atoms with van der Waals surface area (Å²) in [5, 5.41) is 6.72. The molecule has 7 heteroatoms. The highest BCUT2D eigenvalue weighted by atomic mass is 127. The molecule has 1 aromatic carbocycles. The van der Waals surface area contributed by atoms with Gasteiger partial charge in [0.1, 0.15) is 11.6 Å². The predicted molar refractivity (Wildman–Crippen MR) is 119 cm³/mol. The molecule has 1 saturated heterocycles. The van der Waals surface area contributed by atoms with Gasteiger partial charge in [-0.1, -0.05) is 18.2 Å². The first-order valence-electron chi connectivity index (χ1n) is 9.33. The van der Waals surface area contributed by atoms with E-state index in [1.54, 1.807) is 0 Å². The molecule has 0 unspecified atom stereocenters. The molecule has 0 bridgehead atoms. The number of aliphatic imine (C=N–C) groups is 1. The number of guanidine groups is 1. The van der Waals surface area contributed by atoms with Crippen LogP contribution in [-0.4, -0.2) is 49.6 Å². The maximum Gasteiger partial charge on any atom is 0.191 e. The van der Waals surface area contributed by atoms with Gasteiger partial charge in [-0.2, -0.15) is 0 Å². The molecule has 0 spiro atoms. The molecule has 1 aromatic rings. The first-order valence-corrected chi connectivity index (χ1v) is 9.33. The van der Waals surface area contributed by atoms with Crippen LogP contribution < -0.4 is 10.6 Å². The van der Waals surface area contributed by atoms with E-state index in [4.69, 9.17) is 0 Å². The number of likely N-dealkylation sites (tertiary alicyclic amines) is 1. The van der Waals surface area contributed by atoms with Crippen molar-refractivity contribution in [2.24, 2.45) is 4.99 Å². The normalized spacial score (nSPS) is 15.9. The zero-order valence-corrected chi connectivity index (χ0v) is 18.6. The zero-order chi connectivity index (χ0) is 18.9. The molecule has 27 heavy (non-hydrogen) atoms.